The van der Waals surface area contributed by atoms with Crippen LogP contribution in [0.5, 0.6) is 0 Å². The molecular weight excluding hydrogens is 270 g/mol. The predicted octanol–water partition coefficient (Wildman–Crippen LogP) is 1.45. The number of carboxylic acid groups (broad SMARTS) is 1. The smallest absolute Gasteiger partial charge is 0.303 e. The van der Waals surface area contributed by atoms with E-state index < -0.39 is 5.97 Å². The van der Waals surface area contributed by atoms with Crippen LogP contribution in [0.3, 0.4) is 0 Å². The number of nitrogens with two attached hydrogens (primary N) is 1. The molecule has 21 heavy (non-hydrogen) atoms. The van der Waals surface area contributed by atoms with Crippen molar-refractivity contribution in [2.24, 2.45) is 0 Å². The van der Waals surface area contributed by atoms with Gasteiger partial charge in [0.2, 0.25) is 5.91 Å². The van der Waals surface area contributed by atoms with E-state index in [1.165, 1.54) is 0 Å². The number of anilines is 1. The molecule has 1 aromatic rings. The molecule has 1 amide bonds. The number of aliphatic carboxylic acids is 1. The van der Waals surface area contributed by atoms with Crippen molar-refractivity contribution >= 4 is 17.6 Å². The molecule has 1 aliphatic rings. The van der Waals surface area contributed by atoms with Crippen LogP contribution in [-0.4, -0.2) is 39.5 Å². The quantitative estimate of drug-likeness (QED) is 0.856. The van der Waals surface area contributed by atoms with Crippen molar-refractivity contribution < 1.29 is 14.7 Å². The first kappa shape index (κ1) is 15.3. The van der Waals surface area contributed by atoms with Gasteiger partial charge >= 0.3 is 5.97 Å². The van der Waals surface area contributed by atoms with Gasteiger partial charge in [-0.1, -0.05) is 0 Å². The molecule has 0 aliphatic carbocycles. The summed E-state index contributed by atoms with van der Waals surface area (Å²) in [4.78, 5) is 29.1. The molecule has 6 nitrogen and oxygen atoms in total. The molecule has 0 spiro atoms. The Labute approximate surface area is 124 Å². The Morgan fingerprint density at radius 2 is 2.19 bits per heavy atom. The summed E-state index contributed by atoms with van der Waals surface area (Å²) in [5.74, 6) is -0.796. The van der Waals surface area contributed by atoms with Crippen molar-refractivity contribution in [2.45, 2.75) is 44.6 Å². The molecule has 114 valence electrons. The lowest BCUT2D eigenvalue weighted by Crippen LogP contribution is -2.44. The van der Waals surface area contributed by atoms with E-state index in [0.717, 1.165) is 19.3 Å². The number of nitrogens with zero attached hydrogens (tertiary/aromatic N) is 2. The molecule has 0 bridgehead atoms. The van der Waals surface area contributed by atoms with Crippen molar-refractivity contribution in [3.05, 3.63) is 24.0 Å². The molecule has 0 radical (unpaired) electrons. The van der Waals surface area contributed by atoms with Gasteiger partial charge in [-0.25, -0.2) is 0 Å². The maximum Gasteiger partial charge on any atom is 0.303 e. The van der Waals surface area contributed by atoms with Crippen LogP contribution in [0, 0.1) is 0 Å². The summed E-state index contributed by atoms with van der Waals surface area (Å²) in [7, 11) is 0. The number of hydrogen-bond acceptors (Lipinski definition) is 4. The number of hydrogen-bond donors (Lipinski definition) is 2. The summed E-state index contributed by atoms with van der Waals surface area (Å²) >= 11 is 0. The molecule has 3 N–H and O–H groups in total. The standard InChI is InChI=1S/C15H21N3O3/c16-11-4-5-12(17-10-11)9-14(19)18-8-2-1-3-13(18)6-7-15(20)21/h4-5,10,13H,1-3,6-9,16H2,(H,20,21). The zero-order chi connectivity index (χ0) is 15.2. The zero-order valence-corrected chi connectivity index (χ0v) is 12.0. The predicted molar refractivity (Wildman–Crippen MR) is 78.6 cm³/mol. The summed E-state index contributed by atoms with van der Waals surface area (Å²) in [6, 6.07) is 3.52. The molecule has 0 saturated carbocycles. The van der Waals surface area contributed by atoms with Crippen LogP contribution >= 0.6 is 0 Å². The summed E-state index contributed by atoms with van der Waals surface area (Å²) in [5, 5.41) is 8.80. The number of piperidine rings is 1. The molecule has 2 heterocycles. The van der Waals surface area contributed by atoms with Gasteiger partial charge in [0.15, 0.2) is 0 Å². The minimum Gasteiger partial charge on any atom is -0.481 e. The number of rotatable bonds is 5. The summed E-state index contributed by atoms with van der Waals surface area (Å²) in [6.07, 6.45) is 5.32. The van der Waals surface area contributed by atoms with Crippen LogP contribution in [0.2, 0.25) is 0 Å². The van der Waals surface area contributed by atoms with E-state index in [1.54, 1.807) is 18.3 Å². The molecule has 6 heteroatoms. The second-order valence-corrected chi connectivity index (χ2v) is 5.43. The van der Waals surface area contributed by atoms with Gasteiger partial charge in [-0.2, -0.15) is 0 Å². The molecule has 1 saturated heterocycles. The fraction of sp³-hybridized carbons (Fsp3) is 0.533. The van der Waals surface area contributed by atoms with E-state index in [0.29, 0.717) is 24.3 Å². The van der Waals surface area contributed by atoms with Gasteiger partial charge in [0.25, 0.3) is 0 Å². The first-order valence-electron chi connectivity index (χ1n) is 7.28. The number of aromatic nitrogens is 1. The Kier molecular flexibility index (Phi) is 5.14. The number of pyridine rings is 1. The van der Waals surface area contributed by atoms with Crippen LogP contribution in [0.4, 0.5) is 5.69 Å². The van der Waals surface area contributed by atoms with E-state index in [2.05, 4.69) is 4.98 Å². The summed E-state index contributed by atoms with van der Waals surface area (Å²) in [6.45, 7) is 0.706. The van der Waals surface area contributed by atoms with Gasteiger partial charge in [-0.05, 0) is 37.8 Å². The van der Waals surface area contributed by atoms with Gasteiger partial charge in [-0.15, -0.1) is 0 Å². The number of nitrogen functional groups attached to an aromatic ring is 1. The van der Waals surface area contributed by atoms with Crippen LogP contribution < -0.4 is 5.73 Å². The van der Waals surface area contributed by atoms with E-state index in [4.69, 9.17) is 10.8 Å². The zero-order valence-electron chi connectivity index (χ0n) is 12.0. The monoisotopic (exact) mass is 291 g/mol. The van der Waals surface area contributed by atoms with Crippen LogP contribution in [0.25, 0.3) is 0 Å². The summed E-state index contributed by atoms with van der Waals surface area (Å²) < 4.78 is 0. The third-order valence-corrected chi connectivity index (χ3v) is 3.82. The Morgan fingerprint density at radius 3 is 2.86 bits per heavy atom. The topological polar surface area (TPSA) is 96.5 Å². The van der Waals surface area contributed by atoms with Crippen LogP contribution in [-0.2, 0) is 16.0 Å². The largest absolute Gasteiger partial charge is 0.481 e. The Balaban J connectivity index is 1.97. The number of amides is 1. The van der Waals surface area contributed by atoms with Gasteiger partial charge in [0, 0.05) is 24.7 Å². The van der Waals surface area contributed by atoms with Crippen LogP contribution in [0.1, 0.15) is 37.8 Å². The Morgan fingerprint density at radius 1 is 1.38 bits per heavy atom. The normalized spacial score (nSPS) is 18.5. The second kappa shape index (κ2) is 7.06. The van der Waals surface area contributed by atoms with Crippen LogP contribution in [0.15, 0.2) is 18.3 Å². The van der Waals surface area contributed by atoms with Crippen molar-refractivity contribution in [2.75, 3.05) is 12.3 Å². The first-order valence-corrected chi connectivity index (χ1v) is 7.28. The highest BCUT2D eigenvalue weighted by Gasteiger charge is 2.27. The minimum atomic E-state index is -0.812. The fourth-order valence-corrected chi connectivity index (χ4v) is 2.72. The number of carboxylic acids is 1. The number of carbonyl (C=O) groups excluding carboxylic acids is 1. The molecule has 1 aromatic heterocycles. The summed E-state index contributed by atoms with van der Waals surface area (Å²) in [5.41, 5.74) is 6.84. The lowest BCUT2D eigenvalue weighted by molar-refractivity contribution is -0.139. The molecule has 1 aliphatic heterocycles. The third kappa shape index (κ3) is 4.44. The highest BCUT2D eigenvalue weighted by Crippen LogP contribution is 2.22. The first-order chi connectivity index (χ1) is 10.1. The molecule has 1 atom stereocenters. The molecule has 2 rings (SSSR count). The molecule has 1 unspecified atom stereocenters. The van der Waals surface area contributed by atoms with Crippen molar-refractivity contribution in [1.82, 2.24) is 9.88 Å². The van der Waals surface area contributed by atoms with Gasteiger partial charge in [0.1, 0.15) is 0 Å². The van der Waals surface area contributed by atoms with E-state index in [-0.39, 0.29) is 24.8 Å². The molecule has 1 fully saturated rings. The Bertz CT molecular complexity index is 501. The van der Waals surface area contributed by atoms with Crippen molar-refractivity contribution in [1.29, 1.82) is 0 Å². The molecular formula is C15H21N3O3. The van der Waals surface area contributed by atoms with E-state index in [9.17, 15) is 9.59 Å². The minimum absolute atomic E-state index is 0.0161. The number of likely N-dealkylation sites (tertiary alicyclic amines) is 1. The number of carbonyl (C=O) groups is 2. The van der Waals surface area contributed by atoms with Crippen molar-refractivity contribution in [3.63, 3.8) is 0 Å². The Hall–Kier alpha value is -2.11. The van der Waals surface area contributed by atoms with E-state index in [1.807, 2.05) is 4.90 Å². The van der Waals surface area contributed by atoms with Gasteiger partial charge in [0.05, 0.1) is 18.3 Å². The molecule has 0 aromatic carbocycles. The van der Waals surface area contributed by atoms with Gasteiger partial charge < -0.3 is 15.7 Å². The van der Waals surface area contributed by atoms with Gasteiger partial charge in [-0.3, -0.25) is 14.6 Å². The highest BCUT2D eigenvalue weighted by molar-refractivity contribution is 5.79. The maximum absolute atomic E-state index is 12.4. The second-order valence-electron chi connectivity index (χ2n) is 5.43. The lowest BCUT2D eigenvalue weighted by Gasteiger charge is -2.35. The van der Waals surface area contributed by atoms with E-state index >= 15 is 0 Å². The SMILES string of the molecule is Nc1ccc(CC(=O)N2CCCCC2CCC(=O)O)nc1. The lowest BCUT2D eigenvalue weighted by atomic mass is 9.97. The average Bonchev–Trinajstić information content (AvgIpc) is 2.47. The van der Waals surface area contributed by atoms with Crippen molar-refractivity contribution in [3.8, 4) is 0 Å². The third-order valence-electron chi connectivity index (χ3n) is 3.82. The average molecular weight is 291 g/mol. The fourth-order valence-electron chi connectivity index (χ4n) is 2.72. The maximum atomic E-state index is 12.4. The highest BCUT2D eigenvalue weighted by atomic mass is 16.4.